The lowest BCUT2D eigenvalue weighted by Gasteiger charge is -2.16. The molecule has 1 aromatic carbocycles. The maximum absolute atomic E-state index is 12.9. The van der Waals surface area contributed by atoms with Crippen molar-refractivity contribution >= 4 is 33.5 Å². The molecule has 0 N–H and O–H groups in total. The van der Waals surface area contributed by atoms with Gasteiger partial charge in [0.15, 0.2) is 5.78 Å². The summed E-state index contributed by atoms with van der Waals surface area (Å²) in [5, 5.41) is 0. The predicted molar refractivity (Wildman–Crippen MR) is 65.9 cm³/mol. The largest absolute Gasteiger partial charge is 0.418 e. The van der Waals surface area contributed by atoms with Crippen LogP contribution in [0, 0.1) is 0 Å². The molecule has 0 aliphatic carbocycles. The van der Waals surface area contributed by atoms with Gasteiger partial charge < -0.3 is 0 Å². The maximum Gasteiger partial charge on any atom is 0.418 e. The topological polar surface area (TPSA) is 17.1 Å². The molecular formula is C11H10BrF3OS. The summed E-state index contributed by atoms with van der Waals surface area (Å²) >= 11 is 3.98. The Kier molecular flexibility index (Phi) is 4.66. The highest BCUT2D eigenvalue weighted by atomic mass is 79.9. The molecule has 0 aliphatic rings. The summed E-state index contributed by atoms with van der Waals surface area (Å²) in [6.45, 7) is 1.51. The van der Waals surface area contributed by atoms with Crippen molar-refractivity contribution in [1.29, 1.82) is 0 Å². The maximum atomic E-state index is 12.9. The van der Waals surface area contributed by atoms with E-state index in [1.165, 1.54) is 25.1 Å². The molecule has 0 fully saturated rings. The van der Waals surface area contributed by atoms with Gasteiger partial charge in [-0.05, 0) is 19.2 Å². The van der Waals surface area contributed by atoms with Crippen LogP contribution < -0.4 is 0 Å². The first-order valence-corrected chi connectivity index (χ1v) is 6.85. The van der Waals surface area contributed by atoms with Crippen LogP contribution in [0.4, 0.5) is 13.2 Å². The molecule has 1 aromatic rings. The molecule has 6 heteroatoms. The van der Waals surface area contributed by atoms with E-state index in [1.807, 2.05) is 0 Å². The Morgan fingerprint density at radius 2 is 2.00 bits per heavy atom. The molecule has 0 saturated heterocycles. The number of carbonyl (C=O) groups excluding carboxylic acids is 1. The number of halogens is 4. The molecule has 1 rings (SSSR count). The molecule has 1 unspecified atom stereocenters. The molecule has 0 aromatic heterocycles. The van der Waals surface area contributed by atoms with Crippen LogP contribution in [0.1, 0.15) is 22.8 Å². The highest BCUT2D eigenvalue weighted by molar-refractivity contribution is 9.10. The van der Waals surface area contributed by atoms with Crippen molar-refractivity contribution < 1.29 is 18.0 Å². The first-order chi connectivity index (χ1) is 7.79. The Hall–Kier alpha value is -0.490. The molecule has 0 bridgehead atoms. The molecule has 1 atom stereocenters. The molecule has 0 heterocycles. The molecule has 0 amide bonds. The summed E-state index contributed by atoms with van der Waals surface area (Å²) < 4.78 is 38.8. The number of Topliss-reactive ketones (excluding diaryl/α,β-unsaturated/α-hetero) is 1. The van der Waals surface area contributed by atoms with E-state index in [0.717, 1.165) is 11.8 Å². The molecule has 17 heavy (non-hydrogen) atoms. The quantitative estimate of drug-likeness (QED) is 0.465. The molecule has 94 valence electrons. The van der Waals surface area contributed by atoms with Crippen LogP contribution >= 0.6 is 27.7 Å². The van der Waals surface area contributed by atoms with E-state index in [4.69, 9.17) is 0 Å². The smallest absolute Gasteiger partial charge is 0.293 e. The molecule has 0 radical (unpaired) electrons. The standard InChI is InChI=1S/C11H10BrF3OS/c1-6(12)10(16)7-4-3-5-8(17-2)9(7)11(13,14)15/h3-6H,1-2H3. The zero-order chi connectivity index (χ0) is 13.2. The fourth-order valence-corrected chi connectivity index (χ4v) is 2.30. The third-order valence-corrected chi connectivity index (χ3v) is 3.35. The van der Waals surface area contributed by atoms with Gasteiger partial charge in [0.1, 0.15) is 0 Å². The molecule has 0 aliphatic heterocycles. The van der Waals surface area contributed by atoms with Crippen LogP contribution in [0.15, 0.2) is 23.1 Å². The zero-order valence-electron chi connectivity index (χ0n) is 9.14. The van der Waals surface area contributed by atoms with Crippen LogP contribution in [-0.2, 0) is 6.18 Å². The number of ketones is 1. The zero-order valence-corrected chi connectivity index (χ0v) is 11.5. The Morgan fingerprint density at radius 1 is 1.41 bits per heavy atom. The minimum absolute atomic E-state index is 0.0662. The summed E-state index contributed by atoms with van der Waals surface area (Å²) in [4.78, 5) is 11.2. The normalized spacial score (nSPS) is 13.5. The third kappa shape index (κ3) is 3.25. The van der Waals surface area contributed by atoms with Gasteiger partial charge >= 0.3 is 6.18 Å². The average Bonchev–Trinajstić information content (AvgIpc) is 2.25. The van der Waals surface area contributed by atoms with Gasteiger partial charge in [-0.1, -0.05) is 28.1 Å². The van der Waals surface area contributed by atoms with E-state index in [0.29, 0.717) is 0 Å². The summed E-state index contributed by atoms with van der Waals surface area (Å²) in [7, 11) is 0. The Balaban J connectivity index is 3.45. The lowest BCUT2D eigenvalue weighted by atomic mass is 10.0. The van der Waals surface area contributed by atoms with Gasteiger partial charge in [0.05, 0.1) is 10.4 Å². The van der Waals surface area contributed by atoms with Gasteiger partial charge in [0.25, 0.3) is 0 Å². The van der Waals surface area contributed by atoms with Gasteiger partial charge in [-0.3, -0.25) is 4.79 Å². The number of hydrogen-bond donors (Lipinski definition) is 0. The van der Waals surface area contributed by atoms with Crippen LogP contribution in [0.2, 0.25) is 0 Å². The predicted octanol–water partition coefficient (Wildman–Crippen LogP) is 4.39. The van der Waals surface area contributed by atoms with E-state index in [9.17, 15) is 18.0 Å². The second-order valence-electron chi connectivity index (χ2n) is 3.36. The minimum atomic E-state index is -4.52. The number of benzene rings is 1. The third-order valence-electron chi connectivity index (χ3n) is 2.16. The molecule has 1 nitrogen and oxygen atoms in total. The molecular weight excluding hydrogens is 317 g/mol. The fraction of sp³-hybridized carbons (Fsp3) is 0.364. The van der Waals surface area contributed by atoms with Crippen LogP contribution in [-0.4, -0.2) is 16.9 Å². The molecule has 0 saturated carbocycles. The summed E-state index contributed by atoms with van der Waals surface area (Å²) in [6, 6.07) is 4.04. The first kappa shape index (κ1) is 14.6. The lowest BCUT2D eigenvalue weighted by Crippen LogP contribution is -2.18. The second-order valence-corrected chi connectivity index (χ2v) is 5.58. The van der Waals surface area contributed by atoms with Crippen molar-refractivity contribution in [1.82, 2.24) is 0 Å². The second kappa shape index (κ2) is 5.44. The highest BCUT2D eigenvalue weighted by Crippen LogP contribution is 2.39. The number of hydrogen-bond acceptors (Lipinski definition) is 2. The fourth-order valence-electron chi connectivity index (χ4n) is 1.41. The number of rotatable bonds is 3. The first-order valence-electron chi connectivity index (χ1n) is 4.71. The lowest BCUT2D eigenvalue weighted by molar-refractivity contribution is -0.140. The molecule has 0 spiro atoms. The minimum Gasteiger partial charge on any atom is -0.293 e. The van der Waals surface area contributed by atoms with Crippen LogP contribution in [0.3, 0.4) is 0 Å². The summed E-state index contributed by atoms with van der Waals surface area (Å²) in [5.74, 6) is -0.562. The van der Waals surface area contributed by atoms with Crippen molar-refractivity contribution in [3.8, 4) is 0 Å². The van der Waals surface area contributed by atoms with Crippen molar-refractivity contribution in [2.45, 2.75) is 22.8 Å². The Morgan fingerprint density at radius 3 is 2.41 bits per heavy atom. The van der Waals surface area contributed by atoms with E-state index >= 15 is 0 Å². The van der Waals surface area contributed by atoms with Crippen molar-refractivity contribution in [3.63, 3.8) is 0 Å². The van der Waals surface area contributed by atoms with E-state index < -0.39 is 22.4 Å². The number of thioether (sulfide) groups is 1. The van der Waals surface area contributed by atoms with Gasteiger partial charge in [0, 0.05) is 10.5 Å². The number of carbonyl (C=O) groups is 1. The van der Waals surface area contributed by atoms with Gasteiger partial charge in [0.2, 0.25) is 0 Å². The van der Waals surface area contributed by atoms with Gasteiger partial charge in [-0.2, -0.15) is 13.2 Å². The van der Waals surface area contributed by atoms with E-state index in [1.54, 1.807) is 6.26 Å². The Bertz CT molecular complexity index is 429. The summed E-state index contributed by atoms with van der Waals surface area (Å²) in [5.41, 5.74) is -1.13. The highest BCUT2D eigenvalue weighted by Gasteiger charge is 2.38. The van der Waals surface area contributed by atoms with Gasteiger partial charge in [-0.25, -0.2) is 0 Å². The van der Waals surface area contributed by atoms with Crippen molar-refractivity contribution in [2.24, 2.45) is 0 Å². The van der Waals surface area contributed by atoms with Crippen molar-refractivity contribution in [3.05, 3.63) is 29.3 Å². The van der Waals surface area contributed by atoms with Crippen molar-refractivity contribution in [2.75, 3.05) is 6.26 Å². The van der Waals surface area contributed by atoms with Crippen LogP contribution in [0.5, 0.6) is 0 Å². The van der Waals surface area contributed by atoms with E-state index in [2.05, 4.69) is 15.9 Å². The van der Waals surface area contributed by atoms with E-state index in [-0.39, 0.29) is 10.5 Å². The van der Waals surface area contributed by atoms with Crippen LogP contribution in [0.25, 0.3) is 0 Å². The Labute approximate surface area is 110 Å². The number of alkyl halides is 4. The SMILES string of the molecule is CSc1cccc(C(=O)C(C)Br)c1C(F)(F)F. The average molecular weight is 327 g/mol. The van der Waals surface area contributed by atoms with Gasteiger partial charge in [-0.15, -0.1) is 11.8 Å². The monoisotopic (exact) mass is 326 g/mol. The summed E-state index contributed by atoms with van der Waals surface area (Å²) in [6.07, 6.45) is -2.97.